The van der Waals surface area contributed by atoms with Crippen molar-refractivity contribution in [3.05, 3.63) is 65.7 Å². The molecule has 0 aromatic heterocycles. The monoisotopic (exact) mass is 369 g/mol. The van der Waals surface area contributed by atoms with Crippen LogP contribution in [0.3, 0.4) is 0 Å². The van der Waals surface area contributed by atoms with Crippen LogP contribution >= 0.6 is 24.8 Å². The highest BCUT2D eigenvalue weighted by Crippen LogP contribution is 2.06. The number of nitrogens with two attached hydrogens (primary N) is 1. The van der Waals surface area contributed by atoms with Crippen molar-refractivity contribution in [2.24, 2.45) is 0 Å². The van der Waals surface area contributed by atoms with Crippen molar-refractivity contribution in [3.63, 3.8) is 0 Å². The number of likely N-dealkylation sites (N-methyl/N-ethyl adjacent to an activating group) is 1. The summed E-state index contributed by atoms with van der Waals surface area (Å²) in [5.41, 5.74) is 8.60. The molecule has 6 heteroatoms. The predicted molar refractivity (Wildman–Crippen MR) is 105 cm³/mol. The number of nitrogen functional groups attached to an aromatic ring is 1. The first kappa shape index (κ1) is 22.2. The lowest BCUT2D eigenvalue weighted by Crippen LogP contribution is -2.33. The Morgan fingerprint density at radius 3 is 2.25 bits per heavy atom. The largest absolute Gasteiger partial charge is 0.399 e. The number of halogens is 2. The number of anilines is 1. The van der Waals surface area contributed by atoms with Gasteiger partial charge in [-0.25, -0.2) is 0 Å². The van der Waals surface area contributed by atoms with Crippen molar-refractivity contribution in [2.75, 3.05) is 25.9 Å². The van der Waals surface area contributed by atoms with Crippen molar-refractivity contribution in [2.45, 2.75) is 13.0 Å². The Morgan fingerprint density at radius 1 is 1.00 bits per heavy atom. The number of nitrogens with one attached hydrogen (secondary N) is 1. The van der Waals surface area contributed by atoms with Gasteiger partial charge in [0, 0.05) is 25.3 Å². The second kappa shape index (κ2) is 11.7. The van der Waals surface area contributed by atoms with Crippen LogP contribution < -0.4 is 11.1 Å². The third-order valence-electron chi connectivity index (χ3n) is 3.46. The molecule has 0 spiro atoms. The zero-order chi connectivity index (χ0) is 15.8. The molecule has 0 aliphatic heterocycles. The molecule has 2 rings (SSSR count). The molecule has 0 radical (unpaired) electrons. The number of carbonyl (C=O) groups is 1. The highest BCUT2D eigenvalue weighted by Gasteiger charge is 2.04. The third-order valence-corrected chi connectivity index (χ3v) is 3.46. The summed E-state index contributed by atoms with van der Waals surface area (Å²) >= 11 is 0. The normalized spacial score (nSPS) is 9.75. The lowest BCUT2D eigenvalue weighted by Gasteiger charge is -2.17. The minimum atomic E-state index is 0. The van der Waals surface area contributed by atoms with Crippen molar-refractivity contribution in [1.82, 2.24) is 10.2 Å². The molecule has 0 fully saturated rings. The zero-order valence-corrected chi connectivity index (χ0v) is 15.4. The number of hydrogen-bond donors (Lipinski definition) is 2. The van der Waals surface area contributed by atoms with Gasteiger partial charge in [0.1, 0.15) is 0 Å². The molecule has 0 aliphatic carbocycles. The van der Waals surface area contributed by atoms with Crippen LogP contribution in [0.25, 0.3) is 0 Å². The van der Waals surface area contributed by atoms with Gasteiger partial charge < -0.3 is 16.0 Å². The smallest absolute Gasteiger partial charge is 0.224 e. The molecule has 1 amide bonds. The van der Waals surface area contributed by atoms with Gasteiger partial charge in [-0.15, -0.1) is 24.8 Å². The fourth-order valence-electron chi connectivity index (χ4n) is 2.24. The van der Waals surface area contributed by atoms with Gasteiger partial charge in [0.05, 0.1) is 6.42 Å². The molecule has 0 heterocycles. The third kappa shape index (κ3) is 8.20. The number of amides is 1. The van der Waals surface area contributed by atoms with E-state index in [4.69, 9.17) is 5.73 Å². The Bertz CT molecular complexity index is 591. The molecule has 3 N–H and O–H groups in total. The summed E-state index contributed by atoms with van der Waals surface area (Å²) in [6.07, 6.45) is 0.392. The first-order chi connectivity index (χ1) is 10.6. The van der Waals surface area contributed by atoms with E-state index in [2.05, 4.69) is 29.4 Å². The Morgan fingerprint density at radius 2 is 1.62 bits per heavy atom. The summed E-state index contributed by atoms with van der Waals surface area (Å²) in [4.78, 5) is 14.1. The molecular formula is C18H25Cl2N3O. The Hall–Kier alpha value is -1.75. The Kier molecular flexibility index (Phi) is 10.9. The lowest BCUT2D eigenvalue weighted by atomic mass is 10.1. The van der Waals surface area contributed by atoms with Crippen LogP contribution in [0.5, 0.6) is 0 Å². The average molecular weight is 370 g/mol. The van der Waals surface area contributed by atoms with Crippen LogP contribution in [0.2, 0.25) is 0 Å². The van der Waals surface area contributed by atoms with Gasteiger partial charge in [-0.05, 0) is 30.3 Å². The molecule has 4 nitrogen and oxygen atoms in total. The van der Waals surface area contributed by atoms with Crippen LogP contribution in [0.15, 0.2) is 54.6 Å². The van der Waals surface area contributed by atoms with Crippen molar-refractivity contribution >= 4 is 36.4 Å². The summed E-state index contributed by atoms with van der Waals surface area (Å²) in [5, 5.41) is 2.95. The molecular weight excluding hydrogens is 345 g/mol. The van der Waals surface area contributed by atoms with Crippen LogP contribution in [-0.4, -0.2) is 30.9 Å². The van der Waals surface area contributed by atoms with Crippen molar-refractivity contribution in [3.8, 4) is 0 Å². The second-order valence-corrected chi connectivity index (χ2v) is 5.49. The van der Waals surface area contributed by atoms with Gasteiger partial charge in [0.25, 0.3) is 0 Å². The van der Waals surface area contributed by atoms with E-state index in [0.29, 0.717) is 18.7 Å². The molecule has 2 aromatic rings. The predicted octanol–water partition coefficient (Wildman–Crippen LogP) is 2.90. The molecule has 0 atom stereocenters. The van der Waals surface area contributed by atoms with Crippen LogP contribution in [-0.2, 0) is 17.8 Å². The van der Waals surface area contributed by atoms with Crippen LogP contribution in [0, 0.1) is 0 Å². The highest BCUT2D eigenvalue weighted by atomic mass is 35.5. The first-order valence-electron chi connectivity index (χ1n) is 7.47. The van der Waals surface area contributed by atoms with E-state index in [-0.39, 0.29) is 30.7 Å². The van der Waals surface area contributed by atoms with E-state index < -0.39 is 0 Å². The maximum absolute atomic E-state index is 11.9. The van der Waals surface area contributed by atoms with E-state index in [9.17, 15) is 4.79 Å². The number of carbonyl (C=O) groups excluding carboxylic acids is 1. The first-order valence-corrected chi connectivity index (χ1v) is 7.47. The summed E-state index contributed by atoms with van der Waals surface area (Å²) in [6, 6.07) is 17.7. The second-order valence-electron chi connectivity index (χ2n) is 5.49. The topological polar surface area (TPSA) is 58.4 Å². The SMILES string of the molecule is CN(CCNC(=O)Cc1ccc(N)cc1)Cc1ccccc1.Cl.Cl. The molecule has 0 unspecified atom stereocenters. The maximum Gasteiger partial charge on any atom is 0.224 e. The summed E-state index contributed by atoms with van der Waals surface area (Å²) in [7, 11) is 2.05. The Balaban J connectivity index is 0.00000264. The minimum Gasteiger partial charge on any atom is -0.399 e. The maximum atomic E-state index is 11.9. The number of rotatable bonds is 7. The number of hydrogen-bond acceptors (Lipinski definition) is 3. The Labute approximate surface area is 156 Å². The van der Waals surface area contributed by atoms with Crippen LogP contribution in [0.1, 0.15) is 11.1 Å². The van der Waals surface area contributed by atoms with Gasteiger partial charge in [0.2, 0.25) is 5.91 Å². The van der Waals surface area contributed by atoms with Gasteiger partial charge in [-0.1, -0.05) is 42.5 Å². The fraction of sp³-hybridized carbons (Fsp3) is 0.278. The standard InChI is InChI=1S/C18H23N3O.2ClH/c1-21(14-16-5-3-2-4-6-16)12-11-20-18(22)13-15-7-9-17(19)10-8-15;;/h2-10H,11-14,19H2,1H3,(H,20,22);2*1H. The van der Waals surface area contributed by atoms with Gasteiger partial charge >= 0.3 is 0 Å². The lowest BCUT2D eigenvalue weighted by molar-refractivity contribution is -0.120. The fourth-order valence-corrected chi connectivity index (χ4v) is 2.24. The van der Waals surface area contributed by atoms with E-state index in [1.54, 1.807) is 0 Å². The summed E-state index contributed by atoms with van der Waals surface area (Å²) < 4.78 is 0. The average Bonchev–Trinajstić information content (AvgIpc) is 2.50. The zero-order valence-electron chi connectivity index (χ0n) is 13.8. The summed E-state index contributed by atoms with van der Waals surface area (Å²) in [6.45, 7) is 2.36. The van der Waals surface area contributed by atoms with E-state index in [1.165, 1.54) is 5.56 Å². The molecule has 132 valence electrons. The van der Waals surface area contributed by atoms with Crippen LogP contribution in [0.4, 0.5) is 5.69 Å². The molecule has 0 bridgehead atoms. The van der Waals surface area contributed by atoms with Crippen molar-refractivity contribution in [1.29, 1.82) is 0 Å². The highest BCUT2D eigenvalue weighted by molar-refractivity contribution is 5.85. The summed E-state index contributed by atoms with van der Waals surface area (Å²) in [5.74, 6) is 0.0397. The van der Waals surface area contributed by atoms with E-state index in [0.717, 1.165) is 18.7 Å². The van der Waals surface area contributed by atoms with Gasteiger partial charge in [-0.2, -0.15) is 0 Å². The molecule has 0 saturated carbocycles. The minimum absolute atomic E-state index is 0. The number of nitrogens with zero attached hydrogens (tertiary/aromatic N) is 1. The molecule has 0 saturated heterocycles. The van der Waals surface area contributed by atoms with E-state index in [1.807, 2.05) is 42.5 Å². The van der Waals surface area contributed by atoms with E-state index >= 15 is 0 Å². The van der Waals surface area contributed by atoms with Gasteiger partial charge in [-0.3, -0.25) is 4.79 Å². The van der Waals surface area contributed by atoms with Crippen molar-refractivity contribution < 1.29 is 4.79 Å². The quantitative estimate of drug-likeness (QED) is 0.737. The molecule has 2 aromatic carbocycles. The number of benzene rings is 2. The molecule has 0 aliphatic rings. The molecule has 24 heavy (non-hydrogen) atoms. The van der Waals surface area contributed by atoms with Gasteiger partial charge in [0.15, 0.2) is 0 Å².